The van der Waals surface area contributed by atoms with Crippen LogP contribution in [-0.4, -0.2) is 29.6 Å². The number of amides is 2. The summed E-state index contributed by atoms with van der Waals surface area (Å²) in [6.45, 7) is 0. The van der Waals surface area contributed by atoms with E-state index in [4.69, 9.17) is 16.3 Å². The molecule has 0 aliphatic carbocycles. The number of thioether (sulfide) groups is 1. The predicted octanol–water partition coefficient (Wildman–Crippen LogP) is 5.24. The number of nitro benzene ring substituents is 1. The zero-order valence-electron chi connectivity index (χ0n) is 16.8. The van der Waals surface area contributed by atoms with Crippen LogP contribution in [0.2, 0.25) is 5.02 Å². The number of carbonyl (C=O) groups is 2. The van der Waals surface area contributed by atoms with Gasteiger partial charge in [-0.15, -0.1) is 11.8 Å². The molecule has 0 unspecified atom stereocenters. The Balaban J connectivity index is 1.50. The van der Waals surface area contributed by atoms with E-state index in [0.717, 1.165) is 4.90 Å². The van der Waals surface area contributed by atoms with Gasteiger partial charge in [-0.1, -0.05) is 11.6 Å². The van der Waals surface area contributed by atoms with Crippen molar-refractivity contribution in [2.75, 3.05) is 23.5 Å². The molecule has 164 valence electrons. The van der Waals surface area contributed by atoms with Crippen molar-refractivity contribution in [1.82, 2.24) is 0 Å². The fourth-order valence-corrected chi connectivity index (χ4v) is 3.62. The van der Waals surface area contributed by atoms with Crippen molar-refractivity contribution < 1.29 is 19.2 Å². The average molecular weight is 472 g/mol. The van der Waals surface area contributed by atoms with Crippen molar-refractivity contribution in [2.45, 2.75) is 4.90 Å². The van der Waals surface area contributed by atoms with Crippen LogP contribution in [-0.2, 0) is 4.79 Å². The SMILES string of the molecule is COc1ccc(NC(=O)CSc2ccc(NC(=O)c3ccc([N+](=O)[O-])cc3)cc2)cc1Cl. The van der Waals surface area contributed by atoms with Crippen molar-refractivity contribution in [1.29, 1.82) is 0 Å². The van der Waals surface area contributed by atoms with Crippen molar-refractivity contribution in [2.24, 2.45) is 0 Å². The monoisotopic (exact) mass is 471 g/mol. The standard InChI is InChI=1S/C22H18ClN3O5S/c1-31-20-11-6-16(12-19(20)23)24-21(27)13-32-18-9-4-15(5-10-18)25-22(28)14-2-7-17(8-3-14)26(29)30/h2-12H,13H2,1H3,(H,24,27)(H,25,28). The highest BCUT2D eigenvalue weighted by molar-refractivity contribution is 8.00. The number of hydrogen-bond donors (Lipinski definition) is 2. The quantitative estimate of drug-likeness (QED) is 0.264. The number of carbonyl (C=O) groups excluding carboxylic acids is 2. The molecule has 8 nitrogen and oxygen atoms in total. The van der Waals surface area contributed by atoms with Crippen LogP contribution < -0.4 is 15.4 Å². The first kappa shape index (κ1) is 23.1. The van der Waals surface area contributed by atoms with Gasteiger partial charge in [0.1, 0.15) is 5.75 Å². The van der Waals surface area contributed by atoms with Crippen LogP contribution >= 0.6 is 23.4 Å². The fraction of sp³-hybridized carbons (Fsp3) is 0.0909. The van der Waals surface area contributed by atoms with Crippen LogP contribution in [0.3, 0.4) is 0 Å². The summed E-state index contributed by atoms with van der Waals surface area (Å²) in [6, 6.07) is 17.3. The Kier molecular flexibility index (Phi) is 7.69. The van der Waals surface area contributed by atoms with Crippen LogP contribution in [0.1, 0.15) is 10.4 Å². The molecule has 0 aliphatic heterocycles. The van der Waals surface area contributed by atoms with Gasteiger partial charge < -0.3 is 15.4 Å². The number of halogens is 1. The Morgan fingerprint density at radius 1 is 1.00 bits per heavy atom. The molecular formula is C22H18ClN3O5S. The zero-order chi connectivity index (χ0) is 23.1. The van der Waals surface area contributed by atoms with Gasteiger partial charge in [-0.2, -0.15) is 0 Å². The summed E-state index contributed by atoms with van der Waals surface area (Å²) >= 11 is 7.40. The Hall–Kier alpha value is -3.56. The molecule has 0 radical (unpaired) electrons. The Bertz CT molecular complexity index is 1140. The molecule has 0 bridgehead atoms. The Morgan fingerprint density at radius 3 is 2.25 bits per heavy atom. The maximum atomic E-state index is 12.3. The molecule has 2 amide bonds. The van der Waals surface area contributed by atoms with Crippen LogP contribution in [0.5, 0.6) is 5.75 Å². The molecule has 0 spiro atoms. The number of methoxy groups -OCH3 is 1. The van der Waals surface area contributed by atoms with E-state index >= 15 is 0 Å². The molecule has 0 fully saturated rings. The second-order valence-corrected chi connectivity index (χ2v) is 7.92. The number of nitro groups is 1. The lowest BCUT2D eigenvalue weighted by molar-refractivity contribution is -0.384. The van der Waals surface area contributed by atoms with Crippen LogP contribution in [0.15, 0.2) is 71.6 Å². The van der Waals surface area contributed by atoms with Crippen molar-refractivity contribution in [3.05, 3.63) is 87.4 Å². The third-order valence-electron chi connectivity index (χ3n) is 4.26. The summed E-state index contributed by atoms with van der Waals surface area (Å²) in [5.41, 5.74) is 1.37. The fourth-order valence-electron chi connectivity index (χ4n) is 2.66. The Morgan fingerprint density at radius 2 is 1.66 bits per heavy atom. The summed E-state index contributed by atoms with van der Waals surface area (Å²) < 4.78 is 5.08. The maximum absolute atomic E-state index is 12.3. The lowest BCUT2D eigenvalue weighted by Crippen LogP contribution is -2.14. The topological polar surface area (TPSA) is 111 Å². The first-order valence-electron chi connectivity index (χ1n) is 9.28. The minimum absolute atomic E-state index is 0.0814. The van der Waals surface area contributed by atoms with Crippen molar-refractivity contribution in [3.63, 3.8) is 0 Å². The van der Waals surface area contributed by atoms with Crippen molar-refractivity contribution >= 4 is 52.2 Å². The molecule has 3 aromatic rings. The largest absolute Gasteiger partial charge is 0.495 e. The summed E-state index contributed by atoms with van der Waals surface area (Å²) in [7, 11) is 1.52. The van der Waals surface area contributed by atoms with Gasteiger partial charge in [-0.3, -0.25) is 19.7 Å². The predicted molar refractivity (Wildman–Crippen MR) is 125 cm³/mol. The van der Waals surface area contributed by atoms with Gasteiger partial charge in [-0.05, 0) is 54.6 Å². The average Bonchev–Trinajstić information content (AvgIpc) is 2.79. The van der Waals surface area contributed by atoms with Crippen LogP contribution in [0.25, 0.3) is 0 Å². The number of benzene rings is 3. The van der Waals surface area contributed by atoms with E-state index in [-0.39, 0.29) is 23.3 Å². The molecular weight excluding hydrogens is 454 g/mol. The van der Waals surface area contributed by atoms with E-state index in [9.17, 15) is 19.7 Å². The normalized spacial score (nSPS) is 10.3. The number of nitrogens with one attached hydrogen (secondary N) is 2. The summed E-state index contributed by atoms with van der Waals surface area (Å²) in [6.07, 6.45) is 0. The second-order valence-electron chi connectivity index (χ2n) is 6.47. The highest BCUT2D eigenvalue weighted by atomic mass is 35.5. The van der Waals surface area contributed by atoms with E-state index in [1.54, 1.807) is 42.5 Å². The molecule has 0 heterocycles. The highest BCUT2D eigenvalue weighted by Gasteiger charge is 2.10. The molecule has 0 aromatic heterocycles. The molecule has 3 aromatic carbocycles. The van der Waals surface area contributed by atoms with Crippen LogP contribution in [0, 0.1) is 10.1 Å². The molecule has 32 heavy (non-hydrogen) atoms. The summed E-state index contributed by atoms with van der Waals surface area (Å²) in [5.74, 6) is 0.155. The number of nitrogens with zero attached hydrogens (tertiary/aromatic N) is 1. The molecule has 2 N–H and O–H groups in total. The van der Waals surface area contributed by atoms with E-state index in [1.807, 2.05) is 0 Å². The molecule has 10 heteroatoms. The smallest absolute Gasteiger partial charge is 0.269 e. The third-order valence-corrected chi connectivity index (χ3v) is 5.57. The Labute approximate surface area is 193 Å². The number of non-ortho nitro benzene ring substituents is 1. The van der Waals surface area contributed by atoms with Gasteiger partial charge in [0.25, 0.3) is 11.6 Å². The minimum Gasteiger partial charge on any atom is -0.495 e. The van der Waals surface area contributed by atoms with Crippen LogP contribution in [0.4, 0.5) is 17.1 Å². The van der Waals surface area contributed by atoms with E-state index < -0.39 is 4.92 Å². The molecule has 0 saturated heterocycles. The lowest BCUT2D eigenvalue weighted by atomic mass is 10.2. The van der Waals surface area contributed by atoms with E-state index in [2.05, 4.69) is 10.6 Å². The van der Waals surface area contributed by atoms with Gasteiger partial charge in [0.05, 0.1) is 22.8 Å². The van der Waals surface area contributed by atoms with Crippen molar-refractivity contribution in [3.8, 4) is 5.75 Å². The lowest BCUT2D eigenvalue weighted by Gasteiger charge is -2.09. The van der Waals surface area contributed by atoms with Gasteiger partial charge in [-0.25, -0.2) is 0 Å². The van der Waals surface area contributed by atoms with Gasteiger partial charge >= 0.3 is 0 Å². The number of ether oxygens (including phenoxy) is 1. The first-order chi connectivity index (χ1) is 15.4. The van der Waals surface area contributed by atoms with Gasteiger partial charge in [0, 0.05) is 34.0 Å². The van der Waals surface area contributed by atoms with E-state index in [1.165, 1.54) is 43.1 Å². The second kappa shape index (κ2) is 10.7. The summed E-state index contributed by atoms with van der Waals surface area (Å²) in [4.78, 5) is 35.5. The van der Waals surface area contributed by atoms with Gasteiger partial charge in [0.2, 0.25) is 5.91 Å². The molecule has 3 rings (SSSR count). The minimum atomic E-state index is -0.523. The zero-order valence-corrected chi connectivity index (χ0v) is 18.4. The number of rotatable bonds is 8. The molecule has 0 aliphatic rings. The third kappa shape index (κ3) is 6.22. The summed E-state index contributed by atoms with van der Waals surface area (Å²) in [5, 5.41) is 16.6. The highest BCUT2D eigenvalue weighted by Crippen LogP contribution is 2.27. The van der Waals surface area contributed by atoms with Gasteiger partial charge in [0.15, 0.2) is 0 Å². The first-order valence-corrected chi connectivity index (χ1v) is 10.6. The van der Waals surface area contributed by atoms with E-state index in [0.29, 0.717) is 27.7 Å². The maximum Gasteiger partial charge on any atom is 0.269 e. The number of hydrogen-bond acceptors (Lipinski definition) is 6. The number of anilines is 2. The molecule has 0 atom stereocenters. The molecule has 0 saturated carbocycles.